The molecule has 0 atom stereocenters. The first kappa shape index (κ1) is 16.2. The molecule has 2 rings (SSSR count). The smallest absolute Gasteiger partial charge is 0.258 e. The van der Waals surface area contributed by atoms with Crippen LogP contribution in [0.3, 0.4) is 0 Å². The Bertz CT molecular complexity index is 660. The fourth-order valence-electron chi connectivity index (χ4n) is 1.94. The summed E-state index contributed by atoms with van der Waals surface area (Å²) in [4.78, 5) is 14.0. The lowest BCUT2D eigenvalue weighted by atomic mass is 10.2. The molecule has 0 aliphatic heterocycles. The number of aromatic nitrogens is 1. The third-order valence-corrected chi connectivity index (χ3v) is 4.13. The van der Waals surface area contributed by atoms with Crippen LogP contribution in [0.2, 0.25) is 0 Å². The largest absolute Gasteiger partial charge is 0.489 e. The summed E-state index contributed by atoms with van der Waals surface area (Å²) in [5.74, 6) is -0.354. The summed E-state index contributed by atoms with van der Waals surface area (Å²) in [5, 5.41) is 3.71. The second-order valence-corrected chi connectivity index (χ2v) is 5.50. The molecule has 0 saturated heterocycles. The lowest BCUT2D eigenvalue weighted by Crippen LogP contribution is -2.31. The van der Waals surface area contributed by atoms with E-state index in [1.165, 1.54) is 17.6 Å². The van der Waals surface area contributed by atoms with Crippen molar-refractivity contribution in [2.45, 2.75) is 6.92 Å². The van der Waals surface area contributed by atoms with Gasteiger partial charge in [0.1, 0.15) is 11.6 Å². The number of likely N-dealkylation sites (N-methyl/N-ethyl adjacent to an activating group) is 1. The summed E-state index contributed by atoms with van der Waals surface area (Å²) in [6.45, 7) is 2.37. The zero-order valence-electron chi connectivity index (χ0n) is 12.7. The normalized spacial score (nSPS) is 10.4. The number of amides is 1. The number of halogens is 1. The summed E-state index contributed by atoms with van der Waals surface area (Å²) in [7, 11) is 3.44. The van der Waals surface area contributed by atoms with Crippen molar-refractivity contribution in [1.29, 1.82) is 0 Å². The van der Waals surface area contributed by atoms with E-state index in [-0.39, 0.29) is 18.3 Å². The van der Waals surface area contributed by atoms with Crippen LogP contribution in [0.1, 0.15) is 16.1 Å². The second kappa shape index (κ2) is 7.22. The number of hydrogen-bond acceptors (Lipinski definition) is 5. The molecule has 1 aromatic carbocycles. The number of nitrogens with one attached hydrogen (secondary N) is 1. The van der Waals surface area contributed by atoms with Gasteiger partial charge in [0.05, 0.1) is 17.8 Å². The van der Waals surface area contributed by atoms with E-state index in [1.54, 1.807) is 44.1 Å². The molecule has 1 heterocycles. The van der Waals surface area contributed by atoms with Gasteiger partial charge in [0, 0.05) is 14.1 Å². The predicted octanol–water partition coefficient (Wildman–Crippen LogP) is 2.78. The van der Waals surface area contributed by atoms with Gasteiger partial charge in [-0.3, -0.25) is 4.79 Å². The first-order valence-corrected chi connectivity index (χ1v) is 7.58. The Kier molecular flexibility index (Phi) is 5.32. The molecular formula is C15H18FN3O2S. The molecule has 0 unspecified atom stereocenters. The average molecular weight is 323 g/mol. The average Bonchev–Trinajstić information content (AvgIpc) is 2.89. The van der Waals surface area contributed by atoms with Crippen molar-refractivity contribution < 1.29 is 13.9 Å². The van der Waals surface area contributed by atoms with Gasteiger partial charge in [-0.2, -0.15) is 4.37 Å². The second-order valence-electron chi connectivity index (χ2n) is 4.73. The van der Waals surface area contributed by atoms with Crippen LogP contribution >= 0.6 is 11.5 Å². The third kappa shape index (κ3) is 3.54. The first-order chi connectivity index (χ1) is 10.5. The van der Waals surface area contributed by atoms with Crippen LogP contribution in [0.15, 0.2) is 24.3 Å². The fourth-order valence-corrected chi connectivity index (χ4v) is 2.68. The van der Waals surface area contributed by atoms with Crippen LogP contribution in [-0.4, -0.2) is 42.4 Å². The molecule has 0 saturated carbocycles. The number of aryl methyl sites for hydroxylation is 1. The molecule has 1 N–H and O–H groups in total. The van der Waals surface area contributed by atoms with E-state index in [0.29, 0.717) is 17.8 Å². The van der Waals surface area contributed by atoms with Gasteiger partial charge in [-0.25, -0.2) is 4.39 Å². The molecule has 22 heavy (non-hydrogen) atoms. The lowest BCUT2D eigenvalue weighted by Gasteiger charge is -2.18. The molecule has 0 aliphatic rings. The highest BCUT2D eigenvalue weighted by atomic mass is 32.1. The maximum absolute atomic E-state index is 13.4. The van der Waals surface area contributed by atoms with E-state index in [2.05, 4.69) is 9.69 Å². The van der Waals surface area contributed by atoms with Crippen LogP contribution in [-0.2, 0) is 0 Å². The van der Waals surface area contributed by atoms with Crippen molar-refractivity contribution in [2.75, 3.05) is 32.6 Å². The number of benzene rings is 1. The standard InChI is InChI=1S/C15H18FN3O2S/c1-10-13(14(17-2)22-18-10)15(20)19(3)8-9-21-12-7-5-4-6-11(12)16/h4-7,17H,8-9H2,1-3H3. The molecule has 1 amide bonds. The van der Waals surface area contributed by atoms with Crippen LogP contribution in [0, 0.1) is 12.7 Å². The Morgan fingerprint density at radius 3 is 2.86 bits per heavy atom. The monoisotopic (exact) mass is 323 g/mol. The molecule has 0 fully saturated rings. The Labute approximate surface area is 132 Å². The third-order valence-electron chi connectivity index (χ3n) is 3.17. The van der Waals surface area contributed by atoms with Crippen molar-refractivity contribution >= 4 is 22.4 Å². The molecule has 2 aromatic rings. The summed E-state index contributed by atoms with van der Waals surface area (Å²) in [6, 6.07) is 6.20. The van der Waals surface area contributed by atoms with Crippen molar-refractivity contribution in [3.63, 3.8) is 0 Å². The Morgan fingerprint density at radius 1 is 1.45 bits per heavy atom. The maximum Gasteiger partial charge on any atom is 0.258 e. The highest BCUT2D eigenvalue weighted by Gasteiger charge is 2.21. The van der Waals surface area contributed by atoms with Gasteiger partial charge in [0.2, 0.25) is 0 Å². The molecule has 118 valence electrons. The van der Waals surface area contributed by atoms with E-state index >= 15 is 0 Å². The van der Waals surface area contributed by atoms with Gasteiger partial charge in [-0.05, 0) is 30.6 Å². The van der Waals surface area contributed by atoms with Crippen LogP contribution < -0.4 is 10.1 Å². The topological polar surface area (TPSA) is 54.5 Å². The Hall–Kier alpha value is -2.15. The molecule has 0 bridgehead atoms. The van der Waals surface area contributed by atoms with Crippen LogP contribution in [0.4, 0.5) is 9.39 Å². The van der Waals surface area contributed by atoms with Gasteiger partial charge in [-0.1, -0.05) is 12.1 Å². The number of nitrogens with zero attached hydrogens (tertiary/aromatic N) is 2. The molecule has 0 spiro atoms. The van der Waals surface area contributed by atoms with Gasteiger partial charge in [0.15, 0.2) is 11.6 Å². The van der Waals surface area contributed by atoms with E-state index in [1.807, 2.05) is 0 Å². The van der Waals surface area contributed by atoms with Crippen LogP contribution in [0.5, 0.6) is 5.75 Å². The number of carbonyl (C=O) groups is 1. The maximum atomic E-state index is 13.4. The number of rotatable bonds is 6. The molecule has 7 heteroatoms. The van der Waals surface area contributed by atoms with Gasteiger partial charge >= 0.3 is 0 Å². The SMILES string of the molecule is CNc1snc(C)c1C(=O)N(C)CCOc1ccccc1F. The zero-order valence-corrected chi connectivity index (χ0v) is 13.5. The van der Waals surface area contributed by atoms with Crippen molar-refractivity contribution in [1.82, 2.24) is 9.27 Å². The minimum atomic E-state index is -0.410. The van der Waals surface area contributed by atoms with E-state index < -0.39 is 5.82 Å². The van der Waals surface area contributed by atoms with Gasteiger partial charge in [-0.15, -0.1) is 0 Å². The molecular weight excluding hydrogens is 305 g/mol. The fraction of sp³-hybridized carbons (Fsp3) is 0.333. The number of para-hydroxylation sites is 1. The van der Waals surface area contributed by atoms with Crippen molar-refractivity contribution in [2.24, 2.45) is 0 Å². The number of carbonyl (C=O) groups excluding carboxylic acids is 1. The van der Waals surface area contributed by atoms with E-state index in [9.17, 15) is 9.18 Å². The molecule has 5 nitrogen and oxygen atoms in total. The van der Waals surface area contributed by atoms with Crippen LogP contribution in [0.25, 0.3) is 0 Å². The summed E-state index contributed by atoms with van der Waals surface area (Å²) in [5.41, 5.74) is 1.27. The van der Waals surface area contributed by atoms with E-state index in [0.717, 1.165) is 5.00 Å². The summed E-state index contributed by atoms with van der Waals surface area (Å²) >= 11 is 1.26. The van der Waals surface area contributed by atoms with Gasteiger partial charge < -0.3 is 15.0 Å². The Balaban J connectivity index is 1.95. The number of hydrogen-bond donors (Lipinski definition) is 1. The molecule has 0 radical (unpaired) electrons. The first-order valence-electron chi connectivity index (χ1n) is 6.81. The molecule has 1 aromatic heterocycles. The number of ether oxygens (including phenoxy) is 1. The number of anilines is 1. The molecule has 0 aliphatic carbocycles. The summed E-state index contributed by atoms with van der Waals surface area (Å²) in [6.07, 6.45) is 0. The highest BCUT2D eigenvalue weighted by molar-refractivity contribution is 7.10. The van der Waals surface area contributed by atoms with E-state index in [4.69, 9.17) is 4.74 Å². The lowest BCUT2D eigenvalue weighted by molar-refractivity contribution is 0.0773. The predicted molar refractivity (Wildman–Crippen MR) is 85.3 cm³/mol. The van der Waals surface area contributed by atoms with Crippen molar-refractivity contribution in [3.05, 3.63) is 41.3 Å². The summed E-state index contributed by atoms with van der Waals surface area (Å²) < 4.78 is 23.0. The minimum Gasteiger partial charge on any atom is -0.489 e. The highest BCUT2D eigenvalue weighted by Crippen LogP contribution is 2.25. The van der Waals surface area contributed by atoms with Crippen molar-refractivity contribution in [3.8, 4) is 5.75 Å². The minimum absolute atomic E-state index is 0.132. The van der Waals surface area contributed by atoms with Gasteiger partial charge in [0.25, 0.3) is 5.91 Å². The Morgan fingerprint density at radius 2 is 2.18 bits per heavy atom. The quantitative estimate of drug-likeness (QED) is 0.888. The zero-order chi connectivity index (χ0) is 16.1.